The second-order valence-corrected chi connectivity index (χ2v) is 4.61. The largest absolute Gasteiger partial charge is 0.332 e. The van der Waals surface area contributed by atoms with E-state index in [2.05, 4.69) is 10.3 Å². The van der Waals surface area contributed by atoms with Crippen LogP contribution in [0.4, 0.5) is 4.79 Å². The third-order valence-corrected chi connectivity index (χ3v) is 3.16. The van der Waals surface area contributed by atoms with Crippen molar-refractivity contribution in [2.24, 2.45) is 0 Å². The van der Waals surface area contributed by atoms with E-state index in [1.54, 1.807) is 17.2 Å². The van der Waals surface area contributed by atoms with E-state index < -0.39 is 0 Å². The quantitative estimate of drug-likeness (QED) is 0.936. The van der Waals surface area contributed by atoms with Crippen LogP contribution in [0.2, 0.25) is 5.02 Å². The first-order chi connectivity index (χ1) is 9.13. The summed E-state index contributed by atoms with van der Waals surface area (Å²) in [5, 5.41) is 3.51. The molecule has 5 nitrogen and oxygen atoms in total. The molecule has 0 unspecified atom stereocenters. The normalized spacial score (nSPS) is 10.7. The molecule has 0 fully saturated rings. The van der Waals surface area contributed by atoms with Crippen LogP contribution in [-0.4, -0.2) is 33.4 Å². The van der Waals surface area contributed by atoms with Crippen LogP contribution in [0.1, 0.15) is 19.5 Å². The summed E-state index contributed by atoms with van der Waals surface area (Å²) in [4.78, 5) is 17.9. The summed E-state index contributed by atoms with van der Waals surface area (Å²) in [6.45, 7) is 5.72. The Kier molecular flexibility index (Phi) is 4.27. The number of fused-ring (bicyclic) bond motifs is 1. The van der Waals surface area contributed by atoms with Crippen molar-refractivity contribution in [1.29, 1.82) is 0 Å². The summed E-state index contributed by atoms with van der Waals surface area (Å²) < 4.78 is 1.85. The van der Waals surface area contributed by atoms with Gasteiger partial charge in [-0.25, -0.2) is 9.78 Å². The SMILES string of the molecule is CCN(CC)C(=O)NCc1cn2cc(Cl)ccc2n1. The highest BCUT2D eigenvalue weighted by Crippen LogP contribution is 2.11. The number of pyridine rings is 1. The van der Waals surface area contributed by atoms with Crippen molar-refractivity contribution < 1.29 is 4.79 Å². The Morgan fingerprint density at radius 3 is 2.79 bits per heavy atom. The second-order valence-electron chi connectivity index (χ2n) is 4.18. The lowest BCUT2D eigenvalue weighted by Crippen LogP contribution is -2.39. The number of urea groups is 1. The van der Waals surface area contributed by atoms with Gasteiger partial charge in [-0.3, -0.25) is 0 Å². The number of nitrogens with one attached hydrogen (secondary N) is 1. The maximum Gasteiger partial charge on any atom is 0.317 e. The van der Waals surface area contributed by atoms with Crippen LogP contribution in [0.25, 0.3) is 5.65 Å². The zero-order valence-corrected chi connectivity index (χ0v) is 11.8. The average molecular weight is 281 g/mol. The molecular weight excluding hydrogens is 264 g/mol. The molecule has 102 valence electrons. The standard InChI is InChI=1S/C13H17ClN4O/c1-3-17(4-2)13(19)15-7-11-9-18-8-10(14)5-6-12(18)16-11/h5-6,8-9H,3-4,7H2,1-2H3,(H,15,19). The van der Waals surface area contributed by atoms with Crippen molar-refractivity contribution in [3.63, 3.8) is 0 Å². The van der Waals surface area contributed by atoms with E-state index in [1.807, 2.05) is 30.5 Å². The van der Waals surface area contributed by atoms with Crippen LogP contribution in [-0.2, 0) is 6.54 Å². The predicted molar refractivity (Wildman–Crippen MR) is 75.4 cm³/mol. The number of rotatable bonds is 4. The Balaban J connectivity index is 2.03. The Bertz CT molecular complexity index is 577. The molecule has 2 aromatic rings. The topological polar surface area (TPSA) is 49.6 Å². The molecule has 19 heavy (non-hydrogen) atoms. The lowest BCUT2D eigenvalue weighted by Gasteiger charge is -2.18. The summed E-state index contributed by atoms with van der Waals surface area (Å²) in [6, 6.07) is 3.57. The maximum atomic E-state index is 11.8. The molecular formula is C13H17ClN4O. The number of carbonyl (C=O) groups is 1. The number of halogens is 1. The fourth-order valence-electron chi connectivity index (χ4n) is 1.89. The number of hydrogen-bond acceptors (Lipinski definition) is 2. The third-order valence-electron chi connectivity index (χ3n) is 2.94. The molecule has 6 heteroatoms. The molecule has 0 aliphatic rings. The first-order valence-corrected chi connectivity index (χ1v) is 6.67. The number of hydrogen-bond donors (Lipinski definition) is 1. The summed E-state index contributed by atoms with van der Waals surface area (Å²) in [7, 11) is 0. The molecule has 0 aromatic carbocycles. The molecule has 1 N–H and O–H groups in total. The lowest BCUT2D eigenvalue weighted by molar-refractivity contribution is 0.202. The van der Waals surface area contributed by atoms with Crippen molar-refractivity contribution in [2.45, 2.75) is 20.4 Å². The molecule has 2 aromatic heterocycles. The molecule has 2 heterocycles. The Morgan fingerprint density at radius 1 is 1.37 bits per heavy atom. The van der Waals surface area contributed by atoms with Crippen molar-refractivity contribution in [2.75, 3.05) is 13.1 Å². The van der Waals surface area contributed by atoms with Crippen molar-refractivity contribution in [3.8, 4) is 0 Å². The first-order valence-electron chi connectivity index (χ1n) is 6.30. The highest BCUT2D eigenvalue weighted by atomic mass is 35.5. The van der Waals surface area contributed by atoms with Crippen molar-refractivity contribution >= 4 is 23.3 Å². The Morgan fingerprint density at radius 2 is 2.11 bits per heavy atom. The minimum absolute atomic E-state index is 0.0694. The molecule has 0 radical (unpaired) electrons. The number of amides is 2. The van der Waals surface area contributed by atoms with Gasteiger partial charge in [-0.05, 0) is 26.0 Å². The highest BCUT2D eigenvalue weighted by Gasteiger charge is 2.09. The van der Waals surface area contributed by atoms with Crippen molar-refractivity contribution in [3.05, 3.63) is 35.2 Å². The fourth-order valence-corrected chi connectivity index (χ4v) is 2.06. The van der Waals surface area contributed by atoms with Crippen LogP contribution in [0.15, 0.2) is 24.5 Å². The minimum atomic E-state index is -0.0694. The van der Waals surface area contributed by atoms with Gasteiger partial charge in [0.25, 0.3) is 0 Å². The van der Waals surface area contributed by atoms with E-state index >= 15 is 0 Å². The maximum absolute atomic E-state index is 11.8. The van der Waals surface area contributed by atoms with E-state index in [-0.39, 0.29) is 6.03 Å². The average Bonchev–Trinajstić information content (AvgIpc) is 2.79. The van der Waals surface area contributed by atoms with Crippen LogP contribution in [0, 0.1) is 0 Å². The molecule has 0 saturated carbocycles. The molecule has 2 amide bonds. The van der Waals surface area contributed by atoms with Gasteiger partial charge in [-0.2, -0.15) is 0 Å². The van der Waals surface area contributed by atoms with Gasteiger partial charge < -0.3 is 14.6 Å². The van der Waals surface area contributed by atoms with E-state index in [0.717, 1.165) is 11.3 Å². The number of nitrogens with zero attached hydrogens (tertiary/aromatic N) is 3. The summed E-state index contributed by atoms with van der Waals surface area (Å²) in [5.74, 6) is 0. The summed E-state index contributed by atoms with van der Waals surface area (Å²) in [6.07, 6.45) is 3.66. The molecule has 2 rings (SSSR count). The van der Waals surface area contributed by atoms with Gasteiger partial charge in [-0.15, -0.1) is 0 Å². The van der Waals surface area contributed by atoms with E-state index in [4.69, 9.17) is 11.6 Å². The van der Waals surface area contributed by atoms with E-state index in [0.29, 0.717) is 24.7 Å². The molecule has 0 saturated heterocycles. The van der Waals surface area contributed by atoms with Crippen molar-refractivity contribution in [1.82, 2.24) is 19.6 Å². The first kappa shape index (κ1) is 13.7. The summed E-state index contributed by atoms with van der Waals surface area (Å²) in [5.41, 5.74) is 1.62. The fraction of sp³-hybridized carbons (Fsp3) is 0.385. The summed E-state index contributed by atoms with van der Waals surface area (Å²) >= 11 is 5.91. The number of carbonyl (C=O) groups excluding carboxylic acids is 1. The van der Waals surface area contributed by atoms with Crippen LogP contribution >= 0.6 is 11.6 Å². The third kappa shape index (κ3) is 3.17. The van der Waals surface area contributed by atoms with Crippen LogP contribution in [0.3, 0.4) is 0 Å². The van der Waals surface area contributed by atoms with Gasteiger partial charge in [0.2, 0.25) is 0 Å². The minimum Gasteiger partial charge on any atom is -0.332 e. The molecule has 0 spiro atoms. The predicted octanol–water partition coefficient (Wildman–Crippen LogP) is 2.54. The van der Waals surface area contributed by atoms with Gasteiger partial charge in [-0.1, -0.05) is 11.6 Å². The zero-order valence-electron chi connectivity index (χ0n) is 11.1. The van der Waals surface area contributed by atoms with E-state index in [1.165, 1.54) is 0 Å². The Labute approximate surface area is 117 Å². The van der Waals surface area contributed by atoms with E-state index in [9.17, 15) is 4.79 Å². The monoisotopic (exact) mass is 280 g/mol. The lowest BCUT2D eigenvalue weighted by atomic mass is 10.4. The zero-order chi connectivity index (χ0) is 13.8. The van der Waals surface area contributed by atoms with Gasteiger partial charge >= 0.3 is 6.03 Å². The van der Waals surface area contributed by atoms with Gasteiger partial charge in [0.05, 0.1) is 17.3 Å². The van der Waals surface area contributed by atoms with Gasteiger partial charge in [0, 0.05) is 25.5 Å². The molecule has 0 bridgehead atoms. The highest BCUT2D eigenvalue weighted by molar-refractivity contribution is 6.30. The molecule has 0 aliphatic carbocycles. The molecule has 0 atom stereocenters. The van der Waals surface area contributed by atoms with Gasteiger partial charge in [0.1, 0.15) is 5.65 Å². The number of aromatic nitrogens is 2. The molecule has 0 aliphatic heterocycles. The second kappa shape index (κ2) is 5.93. The Hall–Kier alpha value is -1.75. The van der Waals surface area contributed by atoms with Crippen LogP contribution < -0.4 is 5.32 Å². The number of imidazole rings is 1. The van der Waals surface area contributed by atoms with Crippen LogP contribution in [0.5, 0.6) is 0 Å². The smallest absolute Gasteiger partial charge is 0.317 e. The van der Waals surface area contributed by atoms with Gasteiger partial charge in [0.15, 0.2) is 0 Å².